The molecule has 28 heavy (non-hydrogen) atoms. The van der Waals surface area contributed by atoms with Crippen LogP contribution in [-0.2, 0) is 11.3 Å². The number of methoxy groups -OCH3 is 1. The van der Waals surface area contributed by atoms with Gasteiger partial charge in [0.2, 0.25) is 5.95 Å². The quantitative estimate of drug-likeness (QED) is 0.743. The predicted octanol–water partition coefficient (Wildman–Crippen LogP) is 0.378. The van der Waals surface area contributed by atoms with Crippen LogP contribution in [0.25, 0.3) is 0 Å². The Bertz CT molecular complexity index is 781. The van der Waals surface area contributed by atoms with E-state index >= 15 is 0 Å². The number of benzene rings is 1. The number of anilines is 1. The Labute approximate surface area is 164 Å². The molecule has 0 spiro atoms. The maximum atomic E-state index is 13.9. The minimum Gasteiger partial charge on any atom is -0.494 e. The maximum Gasteiger partial charge on any atom is 0.278 e. The molecule has 7 nitrogen and oxygen atoms in total. The monoisotopic (exact) mass is 388 g/mol. The number of amides is 1. The fraction of sp³-hybridized carbons (Fsp3) is 0.450. The summed E-state index contributed by atoms with van der Waals surface area (Å²) in [5.41, 5.74) is 0.759. The molecule has 0 aliphatic carbocycles. The summed E-state index contributed by atoms with van der Waals surface area (Å²) in [4.78, 5) is 26.5. The largest absolute Gasteiger partial charge is 0.494 e. The number of likely N-dealkylation sites (N-methyl/N-ethyl adjacent to an activating group) is 1. The van der Waals surface area contributed by atoms with Gasteiger partial charge in [-0.2, -0.15) is 0 Å². The molecule has 1 fully saturated rings. The van der Waals surface area contributed by atoms with E-state index < -0.39 is 5.82 Å². The van der Waals surface area contributed by atoms with Crippen LogP contribution >= 0.6 is 0 Å². The zero-order valence-corrected chi connectivity index (χ0v) is 16.4. The Hall–Kier alpha value is -2.74. The number of carbonyl (C=O) groups excluding carboxylic acids is 1. The minimum atomic E-state index is -0.409. The average Bonchev–Trinajstić information content (AvgIpc) is 2.73. The Morgan fingerprint density at radius 3 is 2.61 bits per heavy atom. The molecular weight excluding hydrogens is 361 g/mol. The highest BCUT2D eigenvalue weighted by Crippen LogP contribution is 2.18. The summed E-state index contributed by atoms with van der Waals surface area (Å²) in [6.45, 7) is 6.73. The van der Waals surface area contributed by atoms with Gasteiger partial charge < -0.3 is 19.4 Å². The van der Waals surface area contributed by atoms with Crippen molar-refractivity contribution in [3.05, 3.63) is 48.0 Å². The molecule has 0 saturated carbocycles. The number of hydrogen-bond donors (Lipinski definition) is 1. The zero-order valence-electron chi connectivity index (χ0n) is 16.4. The minimum absolute atomic E-state index is 0.0816. The topological polar surface area (TPSA) is 63.0 Å². The van der Waals surface area contributed by atoms with E-state index in [2.05, 4.69) is 14.9 Å². The van der Waals surface area contributed by atoms with E-state index in [-0.39, 0.29) is 11.7 Å². The summed E-state index contributed by atoms with van der Waals surface area (Å²) < 4.78 is 18.9. The number of carbonyl (C=O) groups is 1. The first-order valence-electron chi connectivity index (χ1n) is 9.56. The SMILES string of the molecule is CCN(Cc1ccc(OC)c(F)c1)C(=O)C[NH+]1CCN(c2ncccn2)CC1. The lowest BCUT2D eigenvalue weighted by Gasteiger charge is -2.32. The van der Waals surface area contributed by atoms with E-state index in [1.807, 2.05) is 6.92 Å². The molecule has 0 atom stereocenters. The highest BCUT2D eigenvalue weighted by molar-refractivity contribution is 5.77. The highest BCUT2D eigenvalue weighted by atomic mass is 19.1. The van der Waals surface area contributed by atoms with Crippen molar-refractivity contribution in [1.29, 1.82) is 0 Å². The normalized spacial score (nSPS) is 14.8. The van der Waals surface area contributed by atoms with Crippen molar-refractivity contribution in [3.8, 4) is 5.75 Å². The lowest BCUT2D eigenvalue weighted by Crippen LogP contribution is -3.15. The van der Waals surface area contributed by atoms with Crippen molar-refractivity contribution in [2.24, 2.45) is 0 Å². The highest BCUT2D eigenvalue weighted by Gasteiger charge is 2.25. The summed E-state index contributed by atoms with van der Waals surface area (Å²) >= 11 is 0. The van der Waals surface area contributed by atoms with Gasteiger partial charge in [0.25, 0.3) is 5.91 Å². The van der Waals surface area contributed by atoms with Crippen LogP contribution in [0.15, 0.2) is 36.7 Å². The van der Waals surface area contributed by atoms with Crippen molar-refractivity contribution in [3.63, 3.8) is 0 Å². The third-order valence-electron chi connectivity index (χ3n) is 5.03. The first-order valence-corrected chi connectivity index (χ1v) is 9.56. The lowest BCUT2D eigenvalue weighted by molar-refractivity contribution is -0.892. The fourth-order valence-electron chi connectivity index (χ4n) is 3.38. The average molecular weight is 388 g/mol. The molecule has 1 aromatic heterocycles. The van der Waals surface area contributed by atoms with E-state index in [0.717, 1.165) is 37.7 Å². The second-order valence-corrected chi connectivity index (χ2v) is 6.84. The van der Waals surface area contributed by atoms with E-state index in [0.29, 0.717) is 19.6 Å². The van der Waals surface area contributed by atoms with Gasteiger partial charge >= 0.3 is 0 Å². The molecule has 0 bridgehead atoms. The smallest absolute Gasteiger partial charge is 0.278 e. The Morgan fingerprint density at radius 1 is 1.29 bits per heavy atom. The molecule has 1 amide bonds. The van der Waals surface area contributed by atoms with Gasteiger partial charge in [-0.3, -0.25) is 4.79 Å². The number of quaternary nitrogens is 1. The molecule has 2 aromatic rings. The second kappa shape index (κ2) is 9.45. The third kappa shape index (κ3) is 4.95. The molecular formula is C20H27FN5O2+. The molecule has 1 aliphatic heterocycles. The number of nitrogens with one attached hydrogen (secondary N) is 1. The zero-order chi connectivity index (χ0) is 19.9. The van der Waals surface area contributed by atoms with Crippen LogP contribution in [0, 0.1) is 5.82 Å². The number of hydrogen-bond acceptors (Lipinski definition) is 5. The number of rotatable bonds is 7. The molecule has 0 unspecified atom stereocenters. The number of piperazine rings is 1. The van der Waals surface area contributed by atoms with Crippen molar-refractivity contribution < 1.29 is 18.8 Å². The molecule has 1 aliphatic rings. The summed E-state index contributed by atoms with van der Waals surface area (Å²) in [7, 11) is 1.44. The molecule has 1 saturated heterocycles. The van der Waals surface area contributed by atoms with Crippen molar-refractivity contribution in [2.75, 3.05) is 51.3 Å². The Morgan fingerprint density at radius 2 is 2.00 bits per heavy atom. The van der Waals surface area contributed by atoms with Crippen LogP contribution < -0.4 is 14.5 Å². The molecule has 1 N–H and O–H groups in total. The standard InChI is InChI=1S/C20H26FN5O2/c1-3-25(14-16-5-6-18(28-2)17(21)13-16)19(27)15-24-9-11-26(12-10-24)20-22-7-4-8-23-20/h4-8,13H,3,9-12,14-15H2,1-2H3/p+1. The van der Waals surface area contributed by atoms with Crippen LogP contribution in [0.1, 0.15) is 12.5 Å². The molecule has 2 heterocycles. The van der Waals surface area contributed by atoms with E-state index in [1.54, 1.807) is 35.5 Å². The number of aromatic nitrogens is 2. The number of nitrogens with zero attached hydrogens (tertiary/aromatic N) is 4. The van der Waals surface area contributed by atoms with Gasteiger partial charge in [0.1, 0.15) is 0 Å². The van der Waals surface area contributed by atoms with Crippen LogP contribution in [0.3, 0.4) is 0 Å². The summed E-state index contributed by atoms with van der Waals surface area (Å²) in [6.07, 6.45) is 3.48. The van der Waals surface area contributed by atoms with Crippen LogP contribution in [0.2, 0.25) is 0 Å². The Balaban J connectivity index is 1.52. The number of ether oxygens (including phenoxy) is 1. The predicted molar refractivity (Wildman–Crippen MR) is 104 cm³/mol. The summed E-state index contributed by atoms with van der Waals surface area (Å²) in [5.74, 6) is 0.624. The third-order valence-corrected chi connectivity index (χ3v) is 5.03. The van der Waals surface area contributed by atoms with Gasteiger partial charge in [-0.15, -0.1) is 0 Å². The van der Waals surface area contributed by atoms with E-state index in [9.17, 15) is 9.18 Å². The van der Waals surface area contributed by atoms with Gasteiger partial charge in [-0.25, -0.2) is 14.4 Å². The molecule has 1 aromatic carbocycles. The molecule has 0 radical (unpaired) electrons. The maximum absolute atomic E-state index is 13.9. The van der Waals surface area contributed by atoms with Gasteiger partial charge in [-0.1, -0.05) is 6.07 Å². The molecule has 150 valence electrons. The van der Waals surface area contributed by atoms with Crippen molar-refractivity contribution >= 4 is 11.9 Å². The van der Waals surface area contributed by atoms with Crippen LogP contribution in [0.5, 0.6) is 5.75 Å². The lowest BCUT2D eigenvalue weighted by atomic mass is 10.2. The second-order valence-electron chi connectivity index (χ2n) is 6.84. The van der Waals surface area contributed by atoms with Gasteiger partial charge in [0.15, 0.2) is 18.1 Å². The molecule has 8 heteroatoms. The summed E-state index contributed by atoms with van der Waals surface area (Å²) in [5, 5.41) is 0. The molecule has 3 rings (SSSR count). The van der Waals surface area contributed by atoms with Crippen molar-refractivity contribution in [2.45, 2.75) is 13.5 Å². The van der Waals surface area contributed by atoms with E-state index in [1.165, 1.54) is 18.1 Å². The first-order chi connectivity index (χ1) is 13.6. The summed E-state index contributed by atoms with van der Waals surface area (Å²) in [6, 6.07) is 6.63. The van der Waals surface area contributed by atoms with Gasteiger partial charge in [0.05, 0.1) is 33.3 Å². The van der Waals surface area contributed by atoms with Gasteiger partial charge in [0, 0.05) is 25.5 Å². The van der Waals surface area contributed by atoms with Crippen LogP contribution in [0.4, 0.5) is 10.3 Å². The Kier molecular flexibility index (Phi) is 6.76. The van der Waals surface area contributed by atoms with E-state index in [4.69, 9.17) is 4.74 Å². The fourth-order valence-corrected chi connectivity index (χ4v) is 3.38. The van der Waals surface area contributed by atoms with Crippen LogP contribution in [-0.4, -0.2) is 67.2 Å². The van der Waals surface area contributed by atoms with Gasteiger partial charge in [-0.05, 0) is 30.7 Å². The first kappa shape index (κ1) is 20.0. The number of halogens is 1. The van der Waals surface area contributed by atoms with Crippen molar-refractivity contribution in [1.82, 2.24) is 14.9 Å².